The zero-order chi connectivity index (χ0) is 17.3. The summed E-state index contributed by atoms with van der Waals surface area (Å²) in [6.45, 7) is 6.08. The molecule has 0 amide bonds. The number of rotatable bonds is 4. The smallest absolute Gasteiger partial charge is 0.290 e. The van der Waals surface area contributed by atoms with Crippen molar-refractivity contribution in [3.05, 3.63) is 52.7 Å². The Morgan fingerprint density at radius 2 is 2.21 bits per heavy atom. The number of aromatic nitrogens is 3. The van der Waals surface area contributed by atoms with E-state index in [4.69, 9.17) is 0 Å². The van der Waals surface area contributed by atoms with Crippen LogP contribution in [0.1, 0.15) is 32.4 Å². The van der Waals surface area contributed by atoms with Crippen LogP contribution >= 0.6 is 0 Å². The van der Waals surface area contributed by atoms with Crippen LogP contribution in [0, 0.1) is 22.5 Å². The molecule has 0 aliphatic heterocycles. The highest BCUT2D eigenvalue weighted by Crippen LogP contribution is 2.37. The molecule has 3 rings (SSSR count). The molecule has 0 aromatic carbocycles. The Morgan fingerprint density at radius 3 is 2.83 bits per heavy atom. The maximum Gasteiger partial charge on any atom is 0.290 e. The second-order valence-corrected chi connectivity index (χ2v) is 6.80. The van der Waals surface area contributed by atoms with Gasteiger partial charge in [-0.3, -0.25) is 10.1 Å². The Hall–Kier alpha value is -2.70. The van der Waals surface area contributed by atoms with Gasteiger partial charge in [-0.1, -0.05) is 13.8 Å². The normalized spacial score (nSPS) is 19.6. The SMILES string of the molecule is Cc1nc(NC2C=C(n3ccnc3)CCC2(C)C)ccc1[N+](=O)[O-]. The van der Waals surface area contributed by atoms with E-state index in [0.717, 1.165) is 12.8 Å². The Bertz CT molecular complexity index is 780. The van der Waals surface area contributed by atoms with Crippen LogP contribution in [0.3, 0.4) is 0 Å². The van der Waals surface area contributed by atoms with Crippen molar-refractivity contribution in [3.8, 4) is 0 Å². The third-order valence-electron chi connectivity index (χ3n) is 4.62. The molecule has 1 atom stereocenters. The third-order valence-corrected chi connectivity index (χ3v) is 4.62. The first kappa shape index (κ1) is 16.2. The van der Waals surface area contributed by atoms with Gasteiger partial charge in [0.15, 0.2) is 0 Å². The number of pyridine rings is 1. The van der Waals surface area contributed by atoms with Crippen LogP contribution in [0.2, 0.25) is 0 Å². The number of nitro groups is 1. The quantitative estimate of drug-likeness (QED) is 0.684. The lowest BCUT2D eigenvalue weighted by atomic mass is 9.75. The first-order valence-corrected chi connectivity index (χ1v) is 7.94. The number of nitrogens with zero attached hydrogens (tertiary/aromatic N) is 4. The molecule has 0 bridgehead atoms. The van der Waals surface area contributed by atoms with E-state index in [0.29, 0.717) is 11.5 Å². The molecule has 0 fully saturated rings. The predicted octanol–water partition coefficient (Wildman–Crippen LogP) is 3.64. The monoisotopic (exact) mass is 327 g/mol. The molecular weight excluding hydrogens is 306 g/mol. The van der Waals surface area contributed by atoms with E-state index in [1.807, 2.05) is 10.8 Å². The summed E-state index contributed by atoms with van der Waals surface area (Å²) in [4.78, 5) is 19.0. The Balaban J connectivity index is 1.87. The van der Waals surface area contributed by atoms with E-state index in [2.05, 4.69) is 35.2 Å². The number of nitrogens with one attached hydrogen (secondary N) is 1. The molecule has 2 heterocycles. The highest BCUT2D eigenvalue weighted by molar-refractivity contribution is 5.53. The van der Waals surface area contributed by atoms with Crippen molar-refractivity contribution >= 4 is 17.2 Å². The van der Waals surface area contributed by atoms with Gasteiger partial charge in [0.2, 0.25) is 0 Å². The molecular formula is C17H21N5O2. The first-order chi connectivity index (χ1) is 11.4. The van der Waals surface area contributed by atoms with Crippen LogP contribution in [-0.4, -0.2) is 25.5 Å². The molecule has 0 spiro atoms. The van der Waals surface area contributed by atoms with Crippen LogP contribution < -0.4 is 5.32 Å². The maximum absolute atomic E-state index is 10.9. The first-order valence-electron chi connectivity index (χ1n) is 7.94. The fraction of sp³-hybridized carbons (Fsp3) is 0.412. The van der Waals surface area contributed by atoms with Gasteiger partial charge in [-0.15, -0.1) is 0 Å². The average molecular weight is 327 g/mol. The number of aryl methyl sites for hydroxylation is 1. The van der Waals surface area contributed by atoms with Crippen molar-refractivity contribution in [2.75, 3.05) is 5.32 Å². The minimum Gasteiger partial charge on any atom is -0.363 e. The van der Waals surface area contributed by atoms with Gasteiger partial charge in [-0.25, -0.2) is 9.97 Å². The molecule has 2 aromatic heterocycles. The lowest BCUT2D eigenvalue weighted by molar-refractivity contribution is -0.385. The number of imidazole rings is 1. The lowest BCUT2D eigenvalue weighted by Crippen LogP contribution is -2.38. The number of hydrogen-bond acceptors (Lipinski definition) is 5. The molecule has 1 N–H and O–H groups in total. The number of anilines is 1. The minimum absolute atomic E-state index is 0.0399. The molecule has 126 valence electrons. The number of allylic oxidation sites excluding steroid dienone is 1. The Labute approximate surface area is 140 Å². The third kappa shape index (κ3) is 3.15. The molecule has 0 saturated heterocycles. The number of hydrogen-bond donors (Lipinski definition) is 1. The van der Waals surface area contributed by atoms with Gasteiger partial charge in [0.25, 0.3) is 5.69 Å². The maximum atomic E-state index is 10.9. The molecule has 24 heavy (non-hydrogen) atoms. The van der Waals surface area contributed by atoms with Crippen LogP contribution in [0.4, 0.5) is 11.5 Å². The van der Waals surface area contributed by atoms with E-state index < -0.39 is 4.92 Å². The van der Waals surface area contributed by atoms with Gasteiger partial charge in [0.05, 0.1) is 17.3 Å². The summed E-state index contributed by atoms with van der Waals surface area (Å²) >= 11 is 0. The van der Waals surface area contributed by atoms with E-state index in [1.165, 1.54) is 11.8 Å². The molecule has 0 saturated carbocycles. The van der Waals surface area contributed by atoms with Crippen LogP contribution in [0.5, 0.6) is 0 Å². The van der Waals surface area contributed by atoms with Crippen molar-refractivity contribution in [2.45, 2.75) is 39.7 Å². The van der Waals surface area contributed by atoms with Gasteiger partial charge in [-0.05, 0) is 37.3 Å². The van der Waals surface area contributed by atoms with E-state index in [1.54, 1.807) is 25.5 Å². The van der Waals surface area contributed by atoms with Gasteiger partial charge in [0.1, 0.15) is 11.5 Å². The van der Waals surface area contributed by atoms with Crippen molar-refractivity contribution in [2.24, 2.45) is 5.41 Å². The topological polar surface area (TPSA) is 85.9 Å². The largest absolute Gasteiger partial charge is 0.363 e. The zero-order valence-corrected chi connectivity index (χ0v) is 14.1. The standard InChI is InChI=1S/C17H21N5O2/c1-12-14(22(23)24)4-5-16(19-12)20-15-10-13(6-7-17(15,2)3)21-9-8-18-11-21/h4-5,8-11,15H,6-7H2,1-3H3,(H,19,20). The van der Waals surface area contributed by atoms with E-state index in [-0.39, 0.29) is 17.1 Å². The van der Waals surface area contributed by atoms with Gasteiger partial charge < -0.3 is 9.88 Å². The molecule has 7 heteroatoms. The van der Waals surface area contributed by atoms with E-state index >= 15 is 0 Å². The molecule has 2 aromatic rings. The Morgan fingerprint density at radius 1 is 1.42 bits per heavy atom. The Kier molecular flexibility index (Phi) is 4.09. The molecule has 7 nitrogen and oxygen atoms in total. The summed E-state index contributed by atoms with van der Waals surface area (Å²) in [7, 11) is 0. The average Bonchev–Trinajstić information content (AvgIpc) is 3.03. The van der Waals surface area contributed by atoms with Crippen LogP contribution in [0.15, 0.2) is 36.9 Å². The van der Waals surface area contributed by atoms with Gasteiger partial charge >= 0.3 is 0 Å². The predicted molar refractivity (Wildman–Crippen MR) is 92.6 cm³/mol. The van der Waals surface area contributed by atoms with Crippen molar-refractivity contribution in [3.63, 3.8) is 0 Å². The summed E-state index contributed by atoms with van der Waals surface area (Å²) in [5.41, 5.74) is 1.71. The van der Waals surface area contributed by atoms with Crippen molar-refractivity contribution in [1.29, 1.82) is 0 Å². The molecule has 1 aliphatic rings. The van der Waals surface area contributed by atoms with Crippen molar-refractivity contribution in [1.82, 2.24) is 14.5 Å². The van der Waals surface area contributed by atoms with Crippen molar-refractivity contribution < 1.29 is 4.92 Å². The van der Waals surface area contributed by atoms with Crippen LogP contribution in [0.25, 0.3) is 5.70 Å². The highest BCUT2D eigenvalue weighted by atomic mass is 16.6. The molecule has 0 radical (unpaired) electrons. The summed E-state index contributed by atoms with van der Waals surface area (Å²) < 4.78 is 2.03. The molecule has 1 aliphatic carbocycles. The van der Waals surface area contributed by atoms with E-state index in [9.17, 15) is 10.1 Å². The van der Waals surface area contributed by atoms with Gasteiger partial charge in [-0.2, -0.15) is 0 Å². The van der Waals surface area contributed by atoms with Crippen LogP contribution in [-0.2, 0) is 0 Å². The summed E-state index contributed by atoms with van der Waals surface area (Å²) in [6, 6.07) is 3.25. The summed E-state index contributed by atoms with van der Waals surface area (Å²) in [5.74, 6) is 0.652. The fourth-order valence-corrected chi connectivity index (χ4v) is 2.97. The minimum atomic E-state index is -0.409. The highest BCUT2D eigenvalue weighted by Gasteiger charge is 2.32. The lowest BCUT2D eigenvalue weighted by Gasteiger charge is -2.38. The van der Waals surface area contributed by atoms with Gasteiger partial charge in [0, 0.05) is 24.2 Å². The summed E-state index contributed by atoms with van der Waals surface area (Å²) in [5, 5.41) is 14.4. The fourth-order valence-electron chi connectivity index (χ4n) is 2.97. The summed E-state index contributed by atoms with van der Waals surface area (Å²) in [6.07, 6.45) is 9.72. The molecule has 1 unspecified atom stereocenters. The zero-order valence-electron chi connectivity index (χ0n) is 14.1. The second-order valence-electron chi connectivity index (χ2n) is 6.80. The second kappa shape index (κ2) is 6.07.